The predicted octanol–water partition coefficient (Wildman–Crippen LogP) is 1.93. The molecule has 2 heterocycles. The molecule has 2 N–H and O–H groups in total. The second kappa shape index (κ2) is 7.39. The van der Waals surface area contributed by atoms with E-state index in [0.717, 1.165) is 68.4 Å². The lowest BCUT2D eigenvalue weighted by atomic mass is 9.99. The number of amides is 2. The standard InChI is InChI=1S/C21H27N5O3S/c1-25-11-14(12-25)13-26-9-8-19(23-26)30(28,29)24-21(27)22-20-17-6-2-4-15(17)10-16-5-3-7-18(16)20/h8-10,14H,2-7,11-13H2,1H3,(H2,22,24,27). The van der Waals surface area contributed by atoms with Crippen molar-refractivity contribution in [1.29, 1.82) is 0 Å². The Labute approximate surface area is 176 Å². The van der Waals surface area contributed by atoms with Crippen LogP contribution in [0.3, 0.4) is 0 Å². The second-order valence-electron chi connectivity index (χ2n) is 8.76. The number of carbonyl (C=O) groups excluding carboxylic acids is 1. The van der Waals surface area contributed by atoms with Gasteiger partial charge in [-0.1, -0.05) is 6.07 Å². The molecule has 5 rings (SSSR count). The number of nitrogens with zero attached hydrogens (tertiary/aromatic N) is 3. The van der Waals surface area contributed by atoms with Gasteiger partial charge in [0.1, 0.15) is 0 Å². The van der Waals surface area contributed by atoms with E-state index in [9.17, 15) is 13.2 Å². The number of hydrogen-bond acceptors (Lipinski definition) is 5. The first-order chi connectivity index (χ1) is 14.4. The van der Waals surface area contributed by atoms with Crippen molar-refractivity contribution in [3.05, 3.63) is 40.6 Å². The molecule has 1 aromatic heterocycles. The number of aromatic nitrogens is 2. The zero-order valence-corrected chi connectivity index (χ0v) is 18.0. The molecule has 0 spiro atoms. The maximum atomic E-state index is 12.7. The minimum atomic E-state index is -4.03. The van der Waals surface area contributed by atoms with Gasteiger partial charge in [0.25, 0.3) is 10.0 Å². The highest BCUT2D eigenvalue weighted by Gasteiger charge is 2.28. The minimum absolute atomic E-state index is 0.131. The summed E-state index contributed by atoms with van der Waals surface area (Å²) in [4.78, 5) is 14.8. The number of fused-ring (bicyclic) bond motifs is 2. The number of hydrogen-bond donors (Lipinski definition) is 2. The molecule has 1 aromatic carbocycles. The van der Waals surface area contributed by atoms with Crippen LogP contribution in [0, 0.1) is 5.92 Å². The molecule has 2 aromatic rings. The van der Waals surface area contributed by atoms with Crippen LogP contribution in [0.2, 0.25) is 0 Å². The van der Waals surface area contributed by atoms with Crippen molar-refractivity contribution in [2.45, 2.75) is 50.1 Å². The molecular weight excluding hydrogens is 402 g/mol. The molecule has 2 aliphatic carbocycles. The molecule has 1 aliphatic heterocycles. The third-order valence-corrected chi connectivity index (χ3v) is 7.64. The lowest BCUT2D eigenvalue weighted by Crippen LogP contribution is -2.45. The van der Waals surface area contributed by atoms with Gasteiger partial charge in [-0.25, -0.2) is 9.52 Å². The smallest absolute Gasteiger partial charge is 0.307 e. The van der Waals surface area contributed by atoms with E-state index in [1.165, 1.54) is 17.2 Å². The molecule has 9 heteroatoms. The highest BCUT2D eigenvalue weighted by atomic mass is 32.2. The molecule has 1 saturated heterocycles. The Bertz CT molecular complexity index is 1070. The van der Waals surface area contributed by atoms with Crippen molar-refractivity contribution in [3.8, 4) is 0 Å². The van der Waals surface area contributed by atoms with Crippen LogP contribution >= 0.6 is 0 Å². The number of likely N-dealkylation sites (tertiary alicyclic amines) is 1. The molecule has 0 saturated carbocycles. The van der Waals surface area contributed by atoms with Crippen LogP contribution in [0.15, 0.2) is 23.4 Å². The van der Waals surface area contributed by atoms with Gasteiger partial charge < -0.3 is 10.2 Å². The molecule has 2 amide bonds. The number of benzene rings is 1. The molecule has 0 unspecified atom stereocenters. The summed E-state index contributed by atoms with van der Waals surface area (Å²) >= 11 is 0. The number of urea groups is 1. The average Bonchev–Trinajstić information content (AvgIpc) is 3.40. The van der Waals surface area contributed by atoms with E-state index in [1.54, 1.807) is 10.9 Å². The molecule has 30 heavy (non-hydrogen) atoms. The predicted molar refractivity (Wildman–Crippen MR) is 113 cm³/mol. The summed E-state index contributed by atoms with van der Waals surface area (Å²) in [7, 11) is -1.98. The quantitative estimate of drug-likeness (QED) is 0.757. The lowest BCUT2D eigenvalue weighted by Gasteiger charge is -2.35. The molecule has 8 nitrogen and oxygen atoms in total. The number of carbonyl (C=O) groups is 1. The van der Waals surface area contributed by atoms with Gasteiger partial charge in [-0.3, -0.25) is 4.68 Å². The van der Waals surface area contributed by atoms with Gasteiger partial charge in [0.2, 0.25) is 0 Å². The Hall–Kier alpha value is -2.39. The first-order valence-electron chi connectivity index (χ1n) is 10.6. The summed E-state index contributed by atoms with van der Waals surface area (Å²) in [6.45, 7) is 2.64. The van der Waals surface area contributed by atoms with Crippen molar-refractivity contribution in [2.24, 2.45) is 5.92 Å². The van der Waals surface area contributed by atoms with E-state index < -0.39 is 16.1 Å². The van der Waals surface area contributed by atoms with Crippen LogP contribution in [0.1, 0.15) is 35.1 Å². The number of nitrogens with one attached hydrogen (secondary N) is 2. The van der Waals surface area contributed by atoms with Gasteiger partial charge in [0, 0.05) is 37.4 Å². The third-order valence-electron chi connectivity index (χ3n) is 6.42. The van der Waals surface area contributed by atoms with Crippen LogP contribution in [0.5, 0.6) is 0 Å². The largest absolute Gasteiger partial charge is 0.333 e. The van der Waals surface area contributed by atoms with E-state index in [4.69, 9.17) is 0 Å². The summed E-state index contributed by atoms with van der Waals surface area (Å²) in [5.41, 5.74) is 5.73. The molecular formula is C21H27N5O3S. The van der Waals surface area contributed by atoms with Crippen LogP contribution in [0.25, 0.3) is 0 Å². The molecule has 1 fully saturated rings. The Morgan fingerprint density at radius 2 is 1.80 bits per heavy atom. The van der Waals surface area contributed by atoms with Gasteiger partial charge in [-0.05, 0) is 73.9 Å². The van der Waals surface area contributed by atoms with Gasteiger partial charge in [-0.15, -0.1) is 0 Å². The number of aryl methyl sites for hydroxylation is 2. The Morgan fingerprint density at radius 1 is 1.13 bits per heavy atom. The molecule has 3 aliphatic rings. The normalized spacial score (nSPS) is 18.7. The Kier molecular flexibility index (Phi) is 4.82. The van der Waals surface area contributed by atoms with E-state index >= 15 is 0 Å². The number of anilines is 1. The molecule has 160 valence electrons. The first-order valence-corrected chi connectivity index (χ1v) is 12.1. The van der Waals surface area contributed by atoms with Crippen molar-refractivity contribution in [2.75, 3.05) is 25.5 Å². The van der Waals surface area contributed by atoms with E-state index in [-0.39, 0.29) is 5.03 Å². The minimum Gasteiger partial charge on any atom is -0.307 e. The third kappa shape index (κ3) is 3.60. The maximum Gasteiger partial charge on any atom is 0.333 e. The second-order valence-corrected chi connectivity index (χ2v) is 10.4. The molecule has 0 bridgehead atoms. The van der Waals surface area contributed by atoms with E-state index in [1.807, 2.05) is 0 Å². The fourth-order valence-corrected chi connectivity index (χ4v) is 5.93. The van der Waals surface area contributed by atoms with Crippen molar-refractivity contribution < 1.29 is 13.2 Å². The van der Waals surface area contributed by atoms with Crippen LogP contribution < -0.4 is 10.0 Å². The lowest BCUT2D eigenvalue weighted by molar-refractivity contribution is 0.115. The monoisotopic (exact) mass is 429 g/mol. The zero-order chi connectivity index (χ0) is 20.9. The first kappa shape index (κ1) is 19.6. The fourth-order valence-electron chi connectivity index (χ4n) is 5.08. The SMILES string of the molecule is CN1CC(Cn2ccc(S(=O)(=O)NC(=O)Nc3c4c(cc5c3CCC5)CCC4)n2)C1. The average molecular weight is 430 g/mol. The summed E-state index contributed by atoms with van der Waals surface area (Å²) in [5.74, 6) is 0.476. The van der Waals surface area contributed by atoms with Crippen molar-refractivity contribution >= 4 is 21.7 Å². The molecule has 0 radical (unpaired) electrons. The summed E-state index contributed by atoms with van der Waals surface area (Å²) in [6, 6.07) is 2.99. The van der Waals surface area contributed by atoms with E-state index in [0.29, 0.717) is 12.5 Å². The van der Waals surface area contributed by atoms with Crippen molar-refractivity contribution in [1.82, 2.24) is 19.4 Å². The van der Waals surface area contributed by atoms with Gasteiger partial charge in [0.05, 0.1) is 0 Å². The number of sulfonamides is 1. The summed E-state index contributed by atoms with van der Waals surface area (Å²) in [5, 5.41) is 6.90. The Balaban J connectivity index is 1.30. The highest BCUT2D eigenvalue weighted by Crippen LogP contribution is 2.38. The van der Waals surface area contributed by atoms with Crippen LogP contribution in [0.4, 0.5) is 10.5 Å². The zero-order valence-electron chi connectivity index (χ0n) is 17.1. The fraction of sp³-hybridized carbons (Fsp3) is 0.524. The van der Waals surface area contributed by atoms with Crippen LogP contribution in [-0.2, 0) is 42.3 Å². The molecule has 0 atom stereocenters. The van der Waals surface area contributed by atoms with Gasteiger partial charge >= 0.3 is 6.03 Å². The topological polar surface area (TPSA) is 96.3 Å². The van der Waals surface area contributed by atoms with Gasteiger partial charge in [-0.2, -0.15) is 13.5 Å². The summed E-state index contributed by atoms with van der Waals surface area (Å²) < 4.78 is 29.1. The Morgan fingerprint density at radius 3 is 2.43 bits per heavy atom. The maximum absolute atomic E-state index is 12.7. The highest BCUT2D eigenvalue weighted by molar-refractivity contribution is 7.90. The van der Waals surface area contributed by atoms with Gasteiger partial charge in [0.15, 0.2) is 5.03 Å². The van der Waals surface area contributed by atoms with Crippen molar-refractivity contribution in [3.63, 3.8) is 0 Å². The summed E-state index contributed by atoms with van der Waals surface area (Å²) in [6.07, 6.45) is 7.68. The van der Waals surface area contributed by atoms with E-state index in [2.05, 4.69) is 33.2 Å². The number of rotatable bonds is 5. The van der Waals surface area contributed by atoms with Crippen LogP contribution in [-0.4, -0.2) is 49.3 Å².